The second-order valence-electron chi connectivity index (χ2n) is 4.41. The number of rotatable bonds is 3. The highest BCUT2D eigenvalue weighted by molar-refractivity contribution is 6.94. The molecule has 0 amide bonds. The van der Waals surface area contributed by atoms with E-state index in [-0.39, 0.29) is 5.97 Å². The van der Waals surface area contributed by atoms with Crippen LogP contribution in [-0.4, -0.2) is 21.2 Å². The largest absolute Gasteiger partial charge is 0.466 e. The molecule has 2 nitrogen and oxygen atoms in total. The number of methoxy groups -OCH3 is 1. The first-order valence-electron chi connectivity index (χ1n) is 5.30. The number of benzene rings is 1. The van der Waals surface area contributed by atoms with Crippen LogP contribution in [0.1, 0.15) is 6.92 Å². The normalized spacial score (nSPS) is 12.4. The maximum atomic E-state index is 11.4. The first-order chi connectivity index (χ1) is 7.47. The summed E-state index contributed by atoms with van der Waals surface area (Å²) in [5, 5.41) is 1.32. The van der Waals surface area contributed by atoms with Crippen LogP contribution < -0.4 is 5.19 Å². The van der Waals surface area contributed by atoms with Crippen LogP contribution in [0.2, 0.25) is 13.1 Å². The molecule has 3 heteroatoms. The Morgan fingerprint density at radius 3 is 2.31 bits per heavy atom. The number of carbonyl (C=O) groups excluding carboxylic acids is 1. The lowest BCUT2D eigenvalue weighted by Crippen LogP contribution is -2.40. The van der Waals surface area contributed by atoms with Crippen molar-refractivity contribution in [2.45, 2.75) is 20.0 Å². The van der Waals surface area contributed by atoms with Crippen LogP contribution in [0.25, 0.3) is 0 Å². The minimum Gasteiger partial charge on any atom is -0.466 e. The molecule has 0 unspecified atom stereocenters. The SMILES string of the molecule is COC(=O)/C(C)=C/[Si](C)(C)c1ccccc1. The van der Waals surface area contributed by atoms with Gasteiger partial charge in [0, 0.05) is 5.57 Å². The minimum atomic E-state index is -1.68. The zero-order chi connectivity index (χ0) is 12.2. The molecule has 0 saturated carbocycles. The Labute approximate surface area is 98.0 Å². The highest BCUT2D eigenvalue weighted by Crippen LogP contribution is 2.09. The molecule has 1 rings (SSSR count). The van der Waals surface area contributed by atoms with Crippen LogP contribution in [0.15, 0.2) is 41.6 Å². The molecule has 0 saturated heterocycles. The summed E-state index contributed by atoms with van der Waals surface area (Å²) in [6.45, 7) is 6.24. The van der Waals surface area contributed by atoms with Gasteiger partial charge in [0.25, 0.3) is 0 Å². The van der Waals surface area contributed by atoms with Gasteiger partial charge >= 0.3 is 5.97 Å². The third kappa shape index (κ3) is 3.07. The molecule has 1 aromatic carbocycles. The molecule has 0 bridgehead atoms. The van der Waals surface area contributed by atoms with E-state index in [4.69, 9.17) is 4.74 Å². The van der Waals surface area contributed by atoms with Gasteiger partial charge in [-0.25, -0.2) is 4.79 Å². The molecule has 86 valence electrons. The van der Waals surface area contributed by atoms with Crippen LogP contribution in [0, 0.1) is 0 Å². The standard InChI is InChI=1S/C13H18O2Si/c1-11(13(14)15-2)10-16(3,4)12-8-6-5-7-9-12/h5-10H,1-4H3/b11-10+. The first-order valence-corrected chi connectivity index (χ1v) is 8.38. The average Bonchev–Trinajstić information content (AvgIpc) is 2.28. The Morgan fingerprint density at radius 1 is 1.25 bits per heavy atom. The Kier molecular flexibility index (Phi) is 4.07. The summed E-state index contributed by atoms with van der Waals surface area (Å²) in [5.74, 6) is -0.239. The lowest BCUT2D eigenvalue weighted by atomic mass is 10.4. The van der Waals surface area contributed by atoms with Crippen LogP contribution in [0.5, 0.6) is 0 Å². The third-order valence-electron chi connectivity index (χ3n) is 2.60. The van der Waals surface area contributed by atoms with Gasteiger partial charge in [0.05, 0.1) is 7.11 Å². The van der Waals surface area contributed by atoms with Crippen LogP contribution in [0.4, 0.5) is 0 Å². The Bertz CT molecular complexity index is 394. The van der Waals surface area contributed by atoms with Gasteiger partial charge < -0.3 is 4.74 Å². The highest BCUT2D eigenvalue weighted by atomic mass is 28.3. The van der Waals surface area contributed by atoms with E-state index in [1.807, 2.05) is 25.1 Å². The zero-order valence-electron chi connectivity index (χ0n) is 10.3. The summed E-state index contributed by atoms with van der Waals surface area (Å²) in [5.41, 5.74) is 2.77. The first kappa shape index (κ1) is 12.7. The van der Waals surface area contributed by atoms with Crippen molar-refractivity contribution < 1.29 is 9.53 Å². The van der Waals surface area contributed by atoms with E-state index >= 15 is 0 Å². The van der Waals surface area contributed by atoms with E-state index in [0.29, 0.717) is 5.57 Å². The molecule has 0 aromatic heterocycles. The zero-order valence-corrected chi connectivity index (χ0v) is 11.3. The van der Waals surface area contributed by atoms with Crippen molar-refractivity contribution in [3.63, 3.8) is 0 Å². The second kappa shape index (κ2) is 5.12. The van der Waals surface area contributed by atoms with Crippen molar-refractivity contribution in [2.24, 2.45) is 0 Å². The second-order valence-corrected chi connectivity index (χ2v) is 8.72. The molecule has 0 atom stereocenters. The minimum absolute atomic E-state index is 0.239. The molecule has 0 aliphatic carbocycles. The van der Waals surface area contributed by atoms with E-state index in [2.05, 4.69) is 30.9 Å². The van der Waals surface area contributed by atoms with Crippen molar-refractivity contribution in [3.05, 3.63) is 41.6 Å². The molecule has 1 aromatic rings. The monoisotopic (exact) mass is 234 g/mol. The smallest absolute Gasteiger partial charge is 0.332 e. The van der Waals surface area contributed by atoms with E-state index in [0.717, 1.165) is 0 Å². The molecule has 0 N–H and O–H groups in total. The van der Waals surface area contributed by atoms with E-state index in [9.17, 15) is 4.79 Å². The van der Waals surface area contributed by atoms with Crippen molar-refractivity contribution in [1.82, 2.24) is 0 Å². The van der Waals surface area contributed by atoms with E-state index < -0.39 is 8.07 Å². The Hall–Kier alpha value is -1.35. The summed E-state index contributed by atoms with van der Waals surface area (Å²) < 4.78 is 4.71. The Morgan fingerprint density at radius 2 is 1.81 bits per heavy atom. The molecule has 0 fully saturated rings. The van der Waals surface area contributed by atoms with Crippen molar-refractivity contribution >= 4 is 19.2 Å². The lowest BCUT2D eigenvalue weighted by molar-refractivity contribution is -0.136. The molecular formula is C13H18O2Si. The van der Waals surface area contributed by atoms with Gasteiger partial charge in [0.1, 0.15) is 8.07 Å². The fourth-order valence-electron chi connectivity index (χ4n) is 1.71. The number of ether oxygens (including phenoxy) is 1. The predicted molar refractivity (Wildman–Crippen MR) is 69.3 cm³/mol. The van der Waals surface area contributed by atoms with E-state index in [1.54, 1.807) is 0 Å². The highest BCUT2D eigenvalue weighted by Gasteiger charge is 2.21. The summed E-state index contributed by atoms with van der Waals surface area (Å²) in [6.07, 6.45) is 0. The topological polar surface area (TPSA) is 26.3 Å². The van der Waals surface area contributed by atoms with Gasteiger partial charge in [-0.15, -0.1) is 0 Å². The molecular weight excluding hydrogens is 216 g/mol. The van der Waals surface area contributed by atoms with Gasteiger partial charge in [-0.2, -0.15) is 0 Å². The van der Waals surface area contributed by atoms with Gasteiger partial charge in [-0.3, -0.25) is 0 Å². The number of carbonyl (C=O) groups is 1. The van der Waals surface area contributed by atoms with E-state index in [1.165, 1.54) is 12.3 Å². The lowest BCUT2D eigenvalue weighted by Gasteiger charge is -2.19. The number of hydrogen-bond acceptors (Lipinski definition) is 2. The summed E-state index contributed by atoms with van der Waals surface area (Å²) in [7, 11) is -0.271. The van der Waals surface area contributed by atoms with Crippen LogP contribution in [0.3, 0.4) is 0 Å². The van der Waals surface area contributed by atoms with Crippen molar-refractivity contribution in [3.8, 4) is 0 Å². The molecule has 0 spiro atoms. The molecule has 0 aliphatic rings. The fourth-order valence-corrected chi connectivity index (χ4v) is 4.13. The van der Waals surface area contributed by atoms with Gasteiger partial charge in [0.15, 0.2) is 0 Å². The van der Waals surface area contributed by atoms with Crippen molar-refractivity contribution in [2.75, 3.05) is 7.11 Å². The van der Waals surface area contributed by atoms with Crippen molar-refractivity contribution in [1.29, 1.82) is 0 Å². The predicted octanol–water partition coefficient (Wildman–Crippen LogP) is 2.26. The summed E-state index contributed by atoms with van der Waals surface area (Å²) >= 11 is 0. The Balaban J connectivity index is 3.00. The van der Waals surface area contributed by atoms with Gasteiger partial charge in [-0.05, 0) is 6.92 Å². The quantitative estimate of drug-likeness (QED) is 0.455. The van der Waals surface area contributed by atoms with Crippen LogP contribution in [-0.2, 0) is 9.53 Å². The maximum absolute atomic E-state index is 11.4. The third-order valence-corrected chi connectivity index (χ3v) is 5.58. The molecule has 16 heavy (non-hydrogen) atoms. The summed E-state index contributed by atoms with van der Waals surface area (Å²) in [6, 6.07) is 10.3. The molecule has 0 aliphatic heterocycles. The van der Waals surface area contributed by atoms with Gasteiger partial charge in [-0.1, -0.05) is 54.3 Å². The molecule has 0 radical (unpaired) electrons. The molecule has 0 heterocycles. The van der Waals surface area contributed by atoms with Crippen LogP contribution >= 0.6 is 0 Å². The average molecular weight is 234 g/mol. The number of hydrogen-bond donors (Lipinski definition) is 0. The maximum Gasteiger partial charge on any atom is 0.332 e. The van der Waals surface area contributed by atoms with Gasteiger partial charge in [0.2, 0.25) is 0 Å². The number of esters is 1. The fraction of sp³-hybridized carbons (Fsp3) is 0.308. The summed E-state index contributed by atoms with van der Waals surface area (Å²) in [4.78, 5) is 11.4.